The number of nitrogens with two attached hydrogens (primary N) is 1. The first-order valence-corrected chi connectivity index (χ1v) is 7.13. The minimum atomic E-state index is 0.369. The Morgan fingerprint density at radius 2 is 1.94 bits per heavy atom. The zero-order valence-electron chi connectivity index (χ0n) is 11.3. The summed E-state index contributed by atoms with van der Waals surface area (Å²) in [6, 6.07) is 4.07. The molecule has 1 aliphatic carbocycles. The smallest absolute Gasteiger partial charge is 0.141 e. The van der Waals surface area contributed by atoms with Gasteiger partial charge in [0.1, 0.15) is 5.75 Å². The summed E-state index contributed by atoms with van der Waals surface area (Å²) < 4.78 is 6.16. The van der Waals surface area contributed by atoms with Crippen LogP contribution in [0.5, 0.6) is 5.75 Å². The fraction of sp³-hybridized carbons (Fsp3) is 0.667. The molecule has 0 spiro atoms. The third-order valence-electron chi connectivity index (χ3n) is 3.55. The Morgan fingerprint density at radius 3 is 2.61 bits per heavy atom. The Kier molecular flexibility index (Phi) is 5.00. The lowest BCUT2D eigenvalue weighted by Gasteiger charge is -2.19. The van der Waals surface area contributed by atoms with Gasteiger partial charge in [-0.15, -0.1) is 0 Å². The number of pyridine rings is 1. The number of hydrogen-bond donors (Lipinski definition) is 1. The van der Waals surface area contributed by atoms with Crippen LogP contribution in [0.25, 0.3) is 0 Å². The summed E-state index contributed by atoms with van der Waals surface area (Å²) in [6.45, 7) is 2.63. The lowest BCUT2D eigenvalue weighted by molar-refractivity contribution is 0.181. The third kappa shape index (κ3) is 3.70. The fourth-order valence-electron chi connectivity index (χ4n) is 2.56. The Morgan fingerprint density at radius 1 is 1.22 bits per heavy atom. The molecule has 0 aromatic carbocycles. The number of ether oxygens (including phenoxy) is 1. The fourth-order valence-corrected chi connectivity index (χ4v) is 2.56. The van der Waals surface area contributed by atoms with Crippen LogP contribution < -0.4 is 10.5 Å². The maximum atomic E-state index is 6.16. The first kappa shape index (κ1) is 13.3. The summed E-state index contributed by atoms with van der Waals surface area (Å²) in [5, 5.41) is 0. The van der Waals surface area contributed by atoms with Gasteiger partial charge in [-0.2, -0.15) is 0 Å². The van der Waals surface area contributed by atoms with E-state index >= 15 is 0 Å². The molecule has 0 bridgehead atoms. The van der Waals surface area contributed by atoms with E-state index in [1.54, 1.807) is 0 Å². The monoisotopic (exact) mass is 248 g/mol. The van der Waals surface area contributed by atoms with Crippen LogP contribution in [0.15, 0.2) is 12.1 Å². The first-order valence-electron chi connectivity index (χ1n) is 7.13. The van der Waals surface area contributed by atoms with Crippen LogP contribution in [-0.4, -0.2) is 17.6 Å². The highest BCUT2D eigenvalue weighted by molar-refractivity contribution is 5.29. The van der Waals surface area contributed by atoms with Crippen molar-refractivity contribution in [2.75, 3.05) is 6.54 Å². The van der Waals surface area contributed by atoms with Gasteiger partial charge in [0, 0.05) is 12.1 Å². The van der Waals surface area contributed by atoms with Crippen molar-refractivity contribution in [3.8, 4) is 5.75 Å². The Labute approximate surface area is 110 Å². The van der Waals surface area contributed by atoms with Crippen molar-refractivity contribution in [3.63, 3.8) is 0 Å². The molecular weight excluding hydrogens is 224 g/mol. The summed E-state index contributed by atoms with van der Waals surface area (Å²) in [5.41, 5.74) is 7.69. The number of hydrogen-bond acceptors (Lipinski definition) is 3. The van der Waals surface area contributed by atoms with Crippen LogP contribution >= 0.6 is 0 Å². The van der Waals surface area contributed by atoms with E-state index in [4.69, 9.17) is 10.5 Å². The molecule has 100 valence electrons. The van der Waals surface area contributed by atoms with Gasteiger partial charge in [-0.3, -0.25) is 4.98 Å². The van der Waals surface area contributed by atoms with E-state index in [-0.39, 0.29) is 0 Å². The van der Waals surface area contributed by atoms with E-state index in [0.29, 0.717) is 12.6 Å². The zero-order chi connectivity index (χ0) is 12.8. The molecule has 1 aliphatic rings. The van der Waals surface area contributed by atoms with Crippen molar-refractivity contribution >= 4 is 0 Å². The molecule has 1 aromatic heterocycles. The summed E-state index contributed by atoms with van der Waals surface area (Å²) in [5.74, 6) is 0.943. The molecule has 2 N–H and O–H groups in total. The molecule has 0 amide bonds. The van der Waals surface area contributed by atoms with Gasteiger partial charge in [0.15, 0.2) is 0 Å². The van der Waals surface area contributed by atoms with Crippen LogP contribution in [0.1, 0.15) is 49.9 Å². The van der Waals surface area contributed by atoms with Gasteiger partial charge in [-0.05, 0) is 51.3 Å². The van der Waals surface area contributed by atoms with Gasteiger partial charge in [-0.25, -0.2) is 0 Å². The SMILES string of the molecule is Cc1ccc(OC2CCCCCC2)c(CCN)n1. The lowest BCUT2D eigenvalue weighted by Crippen LogP contribution is -2.17. The predicted molar refractivity (Wildman–Crippen MR) is 73.9 cm³/mol. The van der Waals surface area contributed by atoms with Crippen molar-refractivity contribution in [1.82, 2.24) is 4.98 Å². The van der Waals surface area contributed by atoms with E-state index in [1.807, 2.05) is 13.0 Å². The average molecular weight is 248 g/mol. The molecular formula is C15H24N2O. The summed E-state index contributed by atoms with van der Waals surface area (Å²) in [7, 11) is 0. The second-order valence-corrected chi connectivity index (χ2v) is 5.17. The second-order valence-electron chi connectivity index (χ2n) is 5.17. The van der Waals surface area contributed by atoms with E-state index < -0.39 is 0 Å². The second kappa shape index (κ2) is 6.74. The zero-order valence-corrected chi connectivity index (χ0v) is 11.3. The minimum absolute atomic E-state index is 0.369. The highest BCUT2D eigenvalue weighted by Gasteiger charge is 2.15. The van der Waals surface area contributed by atoms with Gasteiger partial charge in [0.25, 0.3) is 0 Å². The van der Waals surface area contributed by atoms with Crippen LogP contribution in [-0.2, 0) is 6.42 Å². The maximum absolute atomic E-state index is 6.16. The van der Waals surface area contributed by atoms with E-state index in [0.717, 1.165) is 23.6 Å². The number of rotatable bonds is 4. The molecule has 1 fully saturated rings. The maximum Gasteiger partial charge on any atom is 0.141 e. The van der Waals surface area contributed by atoms with Crippen molar-refractivity contribution in [1.29, 1.82) is 0 Å². The Balaban J connectivity index is 2.06. The largest absolute Gasteiger partial charge is 0.489 e. The molecule has 18 heavy (non-hydrogen) atoms. The minimum Gasteiger partial charge on any atom is -0.489 e. The quantitative estimate of drug-likeness (QED) is 0.833. The van der Waals surface area contributed by atoms with Crippen LogP contribution in [0.3, 0.4) is 0 Å². The van der Waals surface area contributed by atoms with E-state index in [2.05, 4.69) is 11.1 Å². The van der Waals surface area contributed by atoms with Crippen LogP contribution in [0.2, 0.25) is 0 Å². The van der Waals surface area contributed by atoms with Gasteiger partial charge < -0.3 is 10.5 Å². The molecule has 2 rings (SSSR count). The molecule has 0 aliphatic heterocycles. The molecule has 1 saturated carbocycles. The Hall–Kier alpha value is -1.09. The van der Waals surface area contributed by atoms with Crippen molar-refractivity contribution in [3.05, 3.63) is 23.5 Å². The predicted octanol–water partition coefficient (Wildman–Crippen LogP) is 2.99. The Bertz CT molecular complexity index is 371. The van der Waals surface area contributed by atoms with Gasteiger partial charge in [0.05, 0.1) is 11.8 Å². The summed E-state index contributed by atoms with van der Waals surface area (Å²) >= 11 is 0. The number of nitrogens with zero attached hydrogens (tertiary/aromatic N) is 1. The van der Waals surface area contributed by atoms with Crippen LogP contribution in [0, 0.1) is 6.92 Å². The molecule has 1 heterocycles. The highest BCUT2D eigenvalue weighted by atomic mass is 16.5. The van der Waals surface area contributed by atoms with Crippen LogP contribution in [0.4, 0.5) is 0 Å². The first-order chi connectivity index (χ1) is 8.79. The molecule has 3 heteroatoms. The molecule has 0 atom stereocenters. The molecule has 0 unspecified atom stereocenters. The molecule has 1 aromatic rings. The lowest BCUT2D eigenvalue weighted by atomic mass is 10.1. The van der Waals surface area contributed by atoms with Crippen molar-refractivity contribution in [2.45, 2.75) is 58.0 Å². The number of aromatic nitrogens is 1. The topological polar surface area (TPSA) is 48.1 Å². The standard InChI is InChI=1S/C15H24N2O/c1-12-8-9-15(14(17-12)10-11-16)18-13-6-4-2-3-5-7-13/h8-9,13H,2-7,10-11,16H2,1H3. The molecule has 0 saturated heterocycles. The van der Waals surface area contributed by atoms with E-state index in [1.165, 1.54) is 38.5 Å². The van der Waals surface area contributed by atoms with Gasteiger partial charge >= 0.3 is 0 Å². The van der Waals surface area contributed by atoms with Gasteiger partial charge in [0.2, 0.25) is 0 Å². The normalized spacial score (nSPS) is 17.4. The van der Waals surface area contributed by atoms with Crippen molar-refractivity contribution in [2.24, 2.45) is 5.73 Å². The highest BCUT2D eigenvalue weighted by Crippen LogP contribution is 2.25. The average Bonchev–Trinajstić information content (AvgIpc) is 2.61. The molecule has 0 radical (unpaired) electrons. The molecule has 3 nitrogen and oxygen atoms in total. The van der Waals surface area contributed by atoms with Gasteiger partial charge in [-0.1, -0.05) is 12.8 Å². The van der Waals surface area contributed by atoms with E-state index in [9.17, 15) is 0 Å². The van der Waals surface area contributed by atoms with Crippen molar-refractivity contribution < 1.29 is 4.74 Å². The summed E-state index contributed by atoms with van der Waals surface area (Å²) in [4.78, 5) is 4.55. The number of aryl methyl sites for hydroxylation is 1. The third-order valence-corrected chi connectivity index (χ3v) is 3.55. The summed E-state index contributed by atoms with van der Waals surface area (Å²) in [6.07, 6.45) is 8.79.